The molecule has 0 amide bonds. The number of fused-ring (bicyclic) bond motifs is 1. The van der Waals surface area contributed by atoms with E-state index in [1.807, 2.05) is 12.1 Å². The fourth-order valence-electron chi connectivity index (χ4n) is 2.86. The summed E-state index contributed by atoms with van der Waals surface area (Å²) in [4.78, 5) is 2.21. The second kappa shape index (κ2) is 6.48. The highest BCUT2D eigenvalue weighted by molar-refractivity contribution is 5.44. The fourth-order valence-corrected chi connectivity index (χ4v) is 2.86. The minimum absolute atomic E-state index is 0.211. The summed E-state index contributed by atoms with van der Waals surface area (Å²) < 4.78 is 20.3. The van der Waals surface area contributed by atoms with Crippen LogP contribution in [0.2, 0.25) is 0 Å². The summed E-state index contributed by atoms with van der Waals surface area (Å²) in [5.74, 6) is 0.644. The molecule has 2 aromatic heterocycles. The lowest BCUT2D eigenvalue weighted by Gasteiger charge is -2.32. The van der Waals surface area contributed by atoms with Crippen LogP contribution in [0.1, 0.15) is 18.4 Å². The number of anilines is 1. The highest BCUT2D eigenvalue weighted by Crippen LogP contribution is 2.20. The summed E-state index contributed by atoms with van der Waals surface area (Å²) in [6.45, 7) is 2.25. The van der Waals surface area contributed by atoms with Crippen LogP contribution in [-0.4, -0.2) is 44.4 Å². The molecule has 3 aromatic rings. The third kappa shape index (κ3) is 3.18. The van der Waals surface area contributed by atoms with Gasteiger partial charge in [0.25, 0.3) is 0 Å². The van der Waals surface area contributed by atoms with E-state index in [9.17, 15) is 4.39 Å². The zero-order valence-corrected chi connectivity index (χ0v) is 13.0. The molecule has 1 saturated heterocycles. The summed E-state index contributed by atoms with van der Waals surface area (Å²) in [6.07, 6.45) is 2.07. The van der Waals surface area contributed by atoms with Crippen LogP contribution in [0, 0.1) is 5.82 Å². The van der Waals surface area contributed by atoms with Crippen molar-refractivity contribution >= 4 is 11.5 Å². The van der Waals surface area contributed by atoms with Crippen LogP contribution in [0.25, 0.3) is 5.65 Å². The molecule has 0 saturated carbocycles. The van der Waals surface area contributed by atoms with Gasteiger partial charge in [0.05, 0.1) is 12.7 Å². The predicted molar refractivity (Wildman–Crippen MR) is 85.0 cm³/mol. The van der Waals surface area contributed by atoms with Crippen molar-refractivity contribution in [3.63, 3.8) is 0 Å². The van der Waals surface area contributed by atoms with Gasteiger partial charge in [-0.15, -0.1) is 14.8 Å². The van der Waals surface area contributed by atoms with Crippen molar-refractivity contribution in [1.29, 1.82) is 0 Å². The van der Waals surface area contributed by atoms with E-state index >= 15 is 0 Å². The maximum absolute atomic E-state index is 12.9. The molecule has 0 atom stereocenters. The minimum Gasteiger partial charge on any atom is -0.373 e. The van der Waals surface area contributed by atoms with Gasteiger partial charge in [0.1, 0.15) is 5.82 Å². The molecule has 4 rings (SSSR count). The second-order valence-electron chi connectivity index (χ2n) is 5.84. The van der Waals surface area contributed by atoms with E-state index in [0.717, 1.165) is 37.3 Å². The molecule has 0 N–H and O–H groups in total. The number of nitrogens with zero attached hydrogens (tertiary/aromatic N) is 6. The van der Waals surface area contributed by atoms with Crippen LogP contribution >= 0.6 is 0 Å². The van der Waals surface area contributed by atoms with Gasteiger partial charge in [-0.1, -0.05) is 12.1 Å². The summed E-state index contributed by atoms with van der Waals surface area (Å²) in [5, 5.41) is 15.7. The first-order chi connectivity index (χ1) is 11.8. The Labute approximate surface area is 138 Å². The Balaban J connectivity index is 1.32. The fraction of sp³-hybridized carbons (Fsp3) is 0.375. The molecule has 1 aliphatic heterocycles. The molecule has 24 heavy (non-hydrogen) atoms. The molecule has 0 bridgehead atoms. The van der Waals surface area contributed by atoms with Gasteiger partial charge in [-0.05, 0) is 53.1 Å². The molecule has 1 aromatic carbocycles. The first-order valence-corrected chi connectivity index (χ1v) is 7.94. The largest absolute Gasteiger partial charge is 0.373 e. The highest BCUT2D eigenvalue weighted by Gasteiger charge is 2.21. The van der Waals surface area contributed by atoms with E-state index in [-0.39, 0.29) is 11.9 Å². The summed E-state index contributed by atoms with van der Waals surface area (Å²) in [6, 6.07) is 10.2. The molecule has 1 fully saturated rings. The number of aromatic nitrogens is 5. The number of halogens is 1. The Morgan fingerprint density at radius 2 is 1.88 bits per heavy atom. The Kier molecular flexibility index (Phi) is 4.04. The smallest absolute Gasteiger partial charge is 0.200 e. The van der Waals surface area contributed by atoms with Gasteiger partial charge in [0.2, 0.25) is 0 Å². The predicted octanol–water partition coefficient (Wildman–Crippen LogP) is 1.84. The van der Waals surface area contributed by atoms with Crippen LogP contribution in [0.5, 0.6) is 0 Å². The molecule has 0 radical (unpaired) electrons. The minimum atomic E-state index is -0.223. The molecule has 0 aliphatic carbocycles. The summed E-state index contributed by atoms with van der Waals surface area (Å²) in [5.41, 5.74) is 1.63. The van der Waals surface area contributed by atoms with Gasteiger partial charge >= 0.3 is 0 Å². The Bertz CT molecular complexity index is 813. The average Bonchev–Trinajstić information content (AvgIpc) is 3.09. The van der Waals surface area contributed by atoms with E-state index in [1.165, 1.54) is 16.8 Å². The molecule has 7 nitrogen and oxygen atoms in total. The molecule has 8 heteroatoms. The normalized spacial score (nSPS) is 16.0. The maximum Gasteiger partial charge on any atom is 0.200 e. The van der Waals surface area contributed by atoms with Crippen molar-refractivity contribution < 1.29 is 9.13 Å². The monoisotopic (exact) mass is 328 g/mol. The van der Waals surface area contributed by atoms with Crippen molar-refractivity contribution in [3.05, 3.63) is 47.8 Å². The van der Waals surface area contributed by atoms with Crippen molar-refractivity contribution in [2.45, 2.75) is 25.6 Å². The lowest BCUT2D eigenvalue weighted by molar-refractivity contribution is 0.0250. The molecule has 0 spiro atoms. The molecule has 1 aliphatic rings. The number of hydrogen-bond acceptors (Lipinski definition) is 6. The molecule has 124 valence electrons. The number of hydrogen-bond donors (Lipinski definition) is 0. The van der Waals surface area contributed by atoms with Gasteiger partial charge in [-0.2, -0.15) is 0 Å². The van der Waals surface area contributed by atoms with Crippen LogP contribution in [0.15, 0.2) is 36.4 Å². The first kappa shape index (κ1) is 14.9. The van der Waals surface area contributed by atoms with Crippen molar-refractivity contribution in [2.24, 2.45) is 0 Å². The molecular weight excluding hydrogens is 311 g/mol. The van der Waals surface area contributed by atoms with Gasteiger partial charge in [0, 0.05) is 13.1 Å². The number of benzene rings is 1. The number of piperidine rings is 1. The SMILES string of the molecule is Fc1ccc(COC2CCN(c3ccc4nnnn4n3)CC2)cc1. The Morgan fingerprint density at radius 1 is 1.08 bits per heavy atom. The van der Waals surface area contributed by atoms with E-state index in [1.54, 1.807) is 12.1 Å². The lowest BCUT2D eigenvalue weighted by Crippen LogP contribution is -2.37. The van der Waals surface area contributed by atoms with E-state index < -0.39 is 0 Å². The summed E-state index contributed by atoms with van der Waals surface area (Å²) in [7, 11) is 0. The van der Waals surface area contributed by atoms with E-state index in [2.05, 4.69) is 25.5 Å². The van der Waals surface area contributed by atoms with Gasteiger partial charge < -0.3 is 9.64 Å². The highest BCUT2D eigenvalue weighted by atomic mass is 19.1. The van der Waals surface area contributed by atoms with Gasteiger partial charge in [-0.3, -0.25) is 0 Å². The van der Waals surface area contributed by atoms with Gasteiger partial charge in [-0.25, -0.2) is 4.39 Å². The quantitative estimate of drug-likeness (QED) is 0.728. The number of rotatable bonds is 4. The maximum atomic E-state index is 12.9. The second-order valence-corrected chi connectivity index (χ2v) is 5.84. The molecule has 3 heterocycles. The van der Waals surface area contributed by atoms with Crippen LogP contribution in [-0.2, 0) is 11.3 Å². The molecule has 0 unspecified atom stereocenters. The Morgan fingerprint density at radius 3 is 2.67 bits per heavy atom. The topological polar surface area (TPSA) is 68.4 Å². The lowest BCUT2D eigenvalue weighted by atomic mass is 10.1. The standard InChI is InChI=1S/C16H17FN6O/c17-13-3-1-12(2-4-13)11-24-14-7-9-22(10-8-14)16-6-5-15-18-20-21-23(15)19-16/h1-6,14H,7-11H2. The van der Waals surface area contributed by atoms with Crippen LogP contribution < -0.4 is 4.90 Å². The van der Waals surface area contributed by atoms with Gasteiger partial charge in [0.15, 0.2) is 11.5 Å². The third-order valence-electron chi connectivity index (χ3n) is 4.22. The molecular formula is C16H17FN6O. The zero-order valence-electron chi connectivity index (χ0n) is 13.0. The number of ether oxygens (including phenoxy) is 1. The van der Waals surface area contributed by atoms with Crippen molar-refractivity contribution in [2.75, 3.05) is 18.0 Å². The zero-order chi connectivity index (χ0) is 16.4. The van der Waals surface area contributed by atoms with Crippen molar-refractivity contribution in [1.82, 2.24) is 25.3 Å². The van der Waals surface area contributed by atoms with Crippen molar-refractivity contribution in [3.8, 4) is 0 Å². The van der Waals surface area contributed by atoms with E-state index in [0.29, 0.717) is 12.3 Å². The number of tetrazole rings is 1. The average molecular weight is 328 g/mol. The van der Waals surface area contributed by atoms with Crippen LogP contribution in [0.3, 0.4) is 0 Å². The Hall–Kier alpha value is -2.61. The van der Waals surface area contributed by atoms with E-state index in [4.69, 9.17) is 4.74 Å². The first-order valence-electron chi connectivity index (χ1n) is 7.94. The van der Waals surface area contributed by atoms with Crippen LogP contribution in [0.4, 0.5) is 10.2 Å². The summed E-state index contributed by atoms with van der Waals surface area (Å²) >= 11 is 0. The third-order valence-corrected chi connectivity index (χ3v) is 4.22.